The first-order valence-corrected chi connectivity index (χ1v) is 7.52. The van der Waals surface area contributed by atoms with Crippen molar-refractivity contribution >= 4 is 11.7 Å². The zero-order valence-corrected chi connectivity index (χ0v) is 12.4. The zero-order valence-electron chi connectivity index (χ0n) is 12.4. The Kier molecular flexibility index (Phi) is 5.17. The quantitative estimate of drug-likeness (QED) is 0.749. The SMILES string of the molecule is Cc1c(F)cccc1NC(=O)NCC1(O)CCCCCC1. The Hall–Kier alpha value is -1.62. The molecule has 3 N–H and O–H groups in total. The maximum absolute atomic E-state index is 13.4. The van der Waals surface area contributed by atoms with E-state index >= 15 is 0 Å². The highest BCUT2D eigenvalue weighted by molar-refractivity contribution is 5.90. The van der Waals surface area contributed by atoms with Crippen LogP contribution in [0.1, 0.15) is 44.1 Å². The summed E-state index contributed by atoms with van der Waals surface area (Å²) in [6.45, 7) is 1.84. The highest BCUT2D eigenvalue weighted by Crippen LogP contribution is 2.26. The number of urea groups is 1. The first kappa shape index (κ1) is 15.8. The summed E-state index contributed by atoms with van der Waals surface area (Å²) in [5.41, 5.74) is 0.0337. The van der Waals surface area contributed by atoms with E-state index < -0.39 is 11.6 Å². The van der Waals surface area contributed by atoms with Crippen molar-refractivity contribution in [2.24, 2.45) is 0 Å². The van der Waals surface area contributed by atoms with E-state index in [1.54, 1.807) is 19.1 Å². The van der Waals surface area contributed by atoms with Crippen LogP contribution in [-0.4, -0.2) is 23.3 Å². The molecule has 0 unspecified atom stereocenters. The number of halogens is 1. The van der Waals surface area contributed by atoms with Crippen LogP contribution in [0.15, 0.2) is 18.2 Å². The second-order valence-electron chi connectivity index (χ2n) is 5.86. The Morgan fingerprint density at radius 1 is 1.29 bits per heavy atom. The van der Waals surface area contributed by atoms with E-state index in [0.29, 0.717) is 24.1 Å². The molecule has 1 fully saturated rings. The van der Waals surface area contributed by atoms with Crippen LogP contribution in [-0.2, 0) is 0 Å². The molecular formula is C16H23FN2O2. The van der Waals surface area contributed by atoms with Crippen LogP contribution in [0.4, 0.5) is 14.9 Å². The minimum Gasteiger partial charge on any atom is -0.388 e. The summed E-state index contributed by atoms with van der Waals surface area (Å²) in [6.07, 6.45) is 5.68. The van der Waals surface area contributed by atoms with E-state index in [9.17, 15) is 14.3 Å². The number of aliphatic hydroxyl groups is 1. The topological polar surface area (TPSA) is 61.4 Å². The molecule has 0 radical (unpaired) electrons. The molecule has 0 atom stereocenters. The van der Waals surface area contributed by atoms with Crippen molar-refractivity contribution in [3.05, 3.63) is 29.6 Å². The minimum atomic E-state index is -0.815. The second-order valence-corrected chi connectivity index (χ2v) is 5.86. The monoisotopic (exact) mass is 294 g/mol. The lowest BCUT2D eigenvalue weighted by molar-refractivity contribution is 0.0281. The molecule has 1 aromatic carbocycles. The van der Waals surface area contributed by atoms with Gasteiger partial charge < -0.3 is 15.7 Å². The van der Waals surface area contributed by atoms with E-state index in [-0.39, 0.29) is 12.4 Å². The number of hydrogen-bond donors (Lipinski definition) is 3. The Labute approximate surface area is 124 Å². The summed E-state index contributed by atoms with van der Waals surface area (Å²) >= 11 is 0. The lowest BCUT2D eigenvalue weighted by atomic mass is 9.95. The number of anilines is 1. The van der Waals surface area contributed by atoms with Gasteiger partial charge in [0.05, 0.1) is 5.60 Å². The number of carbonyl (C=O) groups excluding carboxylic acids is 1. The fraction of sp³-hybridized carbons (Fsp3) is 0.562. The molecule has 0 heterocycles. The van der Waals surface area contributed by atoms with E-state index in [4.69, 9.17) is 0 Å². The predicted molar refractivity (Wildman–Crippen MR) is 80.8 cm³/mol. The average Bonchev–Trinajstić information content (AvgIpc) is 2.67. The number of carbonyl (C=O) groups is 1. The van der Waals surface area contributed by atoms with Crippen molar-refractivity contribution in [3.8, 4) is 0 Å². The van der Waals surface area contributed by atoms with Crippen molar-refractivity contribution in [1.29, 1.82) is 0 Å². The van der Waals surface area contributed by atoms with Crippen molar-refractivity contribution < 1.29 is 14.3 Å². The lowest BCUT2D eigenvalue weighted by Gasteiger charge is -2.26. The van der Waals surface area contributed by atoms with E-state index in [1.807, 2.05) is 0 Å². The van der Waals surface area contributed by atoms with Crippen molar-refractivity contribution in [1.82, 2.24) is 5.32 Å². The Bertz CT molecular complexity index is 497. The molecule has 4 nitrogen and oxygen atoms in total. The van der Waals surface area contributed by atoms with Crippen molar-refractivity contribution in [3.63, 3.8) is 0 Å². The highest BCUT2D eigenvalue weighted by atomic mass is 19.1. The van der Waals surface area contributed by atoms with Gasteiger partial charge in [-0.2, -0.15) is 0 Å². The summed E-state index contributed by atoms with van der Waals surface area (Å²) in [5, 5.41) is 15.8. The van der Waals surface area contributed by atoms with Crippen LogP contribution in [0.25, 0.3) is 0 Å². The predicted octanol–water partition coefficient (Wildman–Crippen LogP) is 3.34. The third-order valence-corrected chi connectivity index (χ3v) is 4.13. The number of amides is 2. The zero-order chi connectivity index (χ0) is 15.3. The van der Waals surface area contributed by atoms with Crippen LogP contribution in [0, 0.1) is 12.7 Å². The summed E-state index contributed by atoms with van der Waals surface area (Å²) in [7, 11) is 0. The molecule has 1 aliphatic rings. The average molecular weight is 294 g/mol. The second kappa shape index (κ2) is 6.89. The number of nitrogens with one attached hydrogen (secondary N) is 2. The molecule has 0 saturated heterocycles. The van der Waals surface area contributed by atoms with E-state index in [1.165, 1.54) is 6.07 Å². The van der Waals surface area contributed by atoms with Crippen molar-refractivity contribution in [2.75, 3.05) is 11.9 Å². The van der Waals surface area contributed by atoms with Crippen LogP contribution in [0.2, 0.25) is 0 Å². The molecule has 1 aromatic rings. The Morgan fingerprint density at radius 3 is 2.62 bits per heavy atom. The van der Waals surface area contributed by atoms with Crippen LogP contribution in [0.5, 0.6) is 0 Å². The molecule has 2 amide bonds. The molecule has 0 aliphatic heterocycles. The summed E-state index contributed by atoms with van der Waals surface area (Å²) in [5.74, 6) is -0.352. The molecule has 1 saturated carbocycles. The summed E-state index contributed by atoms with van der Waals surface area (Å²) < 4.78 is 13.4. The number of rotatable bonds is 3. The Balaban J connectivity index is 1.88. The normalized spacial score (nSPS) is 17.9. The van der Waals surface area contributed by atoms with Gasteiger partial charge in [0, 0.05) is 17.8 Å². The smallest absolute Gasteiger partial charge is 0.319 e. The highest BCUT2D eigenvalue weighted by Gasteiger charge is 2.28. The summed E-state index contributed by atoms with van der Waals surface area (Å²) in [6, 6.07) is 4.14. The molecule has 2 rings (SSSR count). The van der Waals surface area contributed by atoms with Gasteiger partial charge >= 0.3 is 6.03 Å². The lowest BCUT2D eigenvalue weighted by Crippen LogP contribution is -2.44. The molecule has 0 aromatic heterocycles. The van der Waals surface area contributed by atoms with Gasteiger partial charge in [0.2, 0.25) is 0 Å². The first-order chi connectivity index (χ1) is 10.0. The van der Waals surface area contributed by atoms with Crippen LogP contribution < -0.4 is 10.6 Å². The van der Waals surface area contributed by atoms with Gasteiger partial charge in [-0.1, -0.05) is 31.7 Å². The van der Waals surface area contributed by atoms with Gasteiger partial charge in [-0.05, 0) is 31.9 Å². The van der Waals surface area contributed by atoms with Gasteiger partial charge in [0.1, 0.15) is 5.82 Å². The maximum atomic E-state index is 13.4. The molecule has 0 spiro atoms. The Morgan fingerprint density at radius 2 is 1.95 bits per heavy atom. The number of benzene rings is 1. The van der Waals surface area contributed by atoms with Crippen LogP contribution >= 0.6 is 0 Å². The fourth-order valence-electron chi connectivity index (χ4n) is 2.72. The molecular weight excluding hydrogens is 271 g/mol. The standard InChI is InChI=1S/C16H23FN2O2/c1-12-13(17)7-6-8-14(12)19-15(20)18-11-16(21)9-4-2-3-5-10-16/h6-8,21H,2-5,9-11H2,1H3,(H2,18,19,20). The van der Waals surface area contributed by atoms with Gasteiger partial charge in [-0.25, -0.2) is 9.18 Å². The van der Waals surface area contributed by atoms with Gasteiger partial charge in [-0.15, -0.1) is 0 Å². The maximum Gasteiger partial charge on any atom is 0.319 e. The van der Waals surface area contributed by atoms with Gasteiger partial charge in [-0.3, -0.25) is 0 Å². The van der Waals surface area contributed by atoms with E-state index in [0.717, 1.165) is 25.7 Å². The van der Waals surface area contributed by atoms with Gasteiger partial charge in [0.15, 0.2) is 0 Å². The fourth-order valence-corrected chi connectivity index (χ4v) is 2.72. The molecule has 21 heavy (non-hydrogen) atoms. The third kappa shape index (κ3) is 4.43. The summed E-state index contributed by atoms with van der Waals surface area (Å²) in [4.78, 5) is 11.9. The van der Waals surface area contributed by atoms with Gasteiger partial charge in [0.25, 0.3) is 0 Å². The first-order valence-electron chi connectivity index (χ1n) is 7.52. The van der Waals surface area contributed by atoms with Crippen LogP contribution in [0.3, 0.4) is 0 Å². The molecule has 1 aliphatic carbocycles. The van der Waals surface area contributed by atoms with E-state index in [2.05, 4.69) is 10.6 Å². The third-order valence-electron chi connectivity index (χ3n) is 4.13. The van der Waals surface area contributed by atoms with Crippen molar-refractivity contribution in [2.45, 2.75) is 51.0 Å². The molecule has 5 heteroatoms. The largest absolute Gasteiger partial charge is 0.388 e. The minimum absolute atomic E-state index is 0.229. The number of hydrogen-bond acceptors (Lipinski definition) is 2. The molecule has 116 valence electrons. The molecule has 0 bridgehead atoms.